The predicted octanol–water partition coefficient (Wildman–Crippen LogP) is 4.50. The number of sulfone groups is 1. The minimum atomic E-state index is -3.85. The fourth-order valence-corrected chi connectivity index (χ4v) is 5.89. The molecule has 0 radical (unpaired) electrons. The maximum Gasteiger partial charge on any atom is 0.168 e. The van der Waals surface area contributed by atoms with Crippen molar-refractivity contribution in [3.63, 3.8) is 0 Å². The van der Waals surface area contributed by atoms with Crippen molar-refractivity contribution in [2.75, 3.05) is 21.3 Å². The van der Waals surface area contributed by atoms with Crippen LogP contribution in [0.25, 0.3) is 17.1 Å². The molecule has 0 aliphatic carbocycles. The van der Waals surface area contributed by atoms with Gasteiger partial charge in [-0.15, -0.1) is 10.2 Å². The minimum Gasteiger partial charge on any atom is -0.494 e. The molecule has 0 fully saturated rings. The number of para-hydroxylation sites is 1. The molecule has 2 atom stereocenters. The van der Waals surface area contributed by atoms with E-state index in [1.54, 1.807) is 42.1 Å². The van der Waals surface area contributed by atoms with Crippen LogP contribution >= 0.6 is 15.9 Å². The summed E-state index contributed by atoms with van der Waals surface area (Å²) in [7, 11) is 0.654. The van der Waals surface area contributed by atoms with E-state index in [-0.39, 0.29) is 11.6 Å². The summed E-state index contributed by atoms with van der Waals surface area (Å²) in [6, 6.07) is 12.8. The van der Waals surface area contributed by atoms with E-state index in [0.29, 0.717) is 23.0 Å². The van der Waals surface area contributed by atoms with Crippen LogP contribution in [-0.4, -0.2) is 59.7 Å². The topological polar surface area (TPSA) is 118 Å². The number of benzene rings is 2. The molecule has 2 heterocycles. The van der Waals surface area contributed by atoms with Crippen molar-refractivity contribution in [3.8, 4) is 28.6 Å². The van der Waals surface area contributed by atoms with Crippen LogP contribution in [-0.2, 0) is 20.3 Å². The molecule has 2 aromatic heterocycles. The molecule has 0 spiro atoms. The summed E-state index contributed by atoms with van der Waals surface area (Å²) < 4.78 is 46.8. The Kier molecular flexibility index (Phi) is 8.44. The molecule has 2 aromatic carbocycles. The first-order valence-electron chi connectivity index (χ1n) is 11.6. The van der Waals surface area contributed by atoms with Crippen molar-refractivity contribution in [1.29, 1.82) is 0 Å². The summed E-state index contributed by atoms with van der Waals surface area (Å²) in [4.78, 5) is 8.56. The quantitative estimate of drug-likeness (QED) is 0.259. The number of aryl methyl sites for hydroxylation is 1. The Labute approximate surface area is 230 Å². The number of methoxy groups -OCH3 is 3. The summed E-state index contributed by atoms with van der Waals surface area (Å²) in [6.45, 7) is 3.43. The fourth-order valence-electron chi connectivity index (χ4n) is 4.07. The SMILES string of the molecule is COc1cccc(OC)c1-n1c(CS(=O)(=O)[C@@H](C)[C@H](OC)c2ncc(C)cn2)nnc1-c1cccc(Br)c1. The first kappa shape index (κ1) is 27.7. The lowest BCUT2D eigenvalue weighted by atomic mass is 10.2. The molecular weight excluding hydrogens is 574 g/mol. The molecule has 0 aliphatic heterocycles. The molecule has 10 nitrogen and oxygen atoms in total. The normalized spacial score (nSPS) is 13.2. The van der Waals surface area contributed by atoms with Gasteiger partial charge in [-0.2, -0.15) is 0 Å². The molecular formula is C26H28BrN5O5S. The Morgan fingerprint density at radius 2 is 1.61 bits per heavy atom. The maximum absolute atomic E-state index is 13.7. The zero-order valence-electron chi connectivity index (χ0n) is 21.6. The lowest BCUT2D eigenvalue weighted by molar-refractivity contribution is 0.0947. The highest BCUT2D eigenvalue weighted by Crippen LogP contribution is 2.37. The molecule has 0 bridgehead atoms. The Balaban J connectivity index is 1.84. The van der Waals surface area contributed by atoms with E-state index in [4.69, 9.17) is 14.2 Å². The predicted molar refractivity (Wildman–Crippen MR) is 146 cm³/mol. The Hall–Kier alpha value is -3.35. The van der Waals surface area contributed by atoms with Gasteiger partial charge in [-0.25, -0.2) is 18.4 Å². The van der Waals surface area contributed by atoms with Gasteiger partial charge in [-0.1, -0.05) is 34.1 Å². The van der Waals surface area contributed by atoms with Crippen LogP contribution in [0, 0.1) is 6.92 Å². The van der Waals surface area contributed by atoms with E-state index in [1.807, 2.05) is 31.2 Å². The highest BCUT2D eigenvalue weighted by Gasteiger charge is 2.35. The maximum atomic E-state index is 13.7. The Bertz CT molecular complexity index is 1500. The molecule has 0 saturated carbocycles. The summed E-state index contributed by atoms with van der Waals surface area (Å²) in [5.41, 5.74) is 2.07. The van der Waals surface area contributed by atoms with E-state index >= 15 is 0 Å². The third-order valence-corrected chi connectivity index (χ3v) is 8.60. The zero-order valence-corrected chi connectivity index (χ0v) is 24.0. The van der Waals surface area contributed by atoms with Gasteiger partial charge in [0.2, 0.25) is 0 Å². The lowest BCUT2D eigenvalue weighted by Gasteiger charge is -2.22. The molecule has 200 valence electrons. The monoisotopic (exact) mass is 601 g/mol. The van der Waals surface area contributed by atoms with Crippen LogP contribution in [0.4, 0.5) is 0 Å². The van der Waals surface area contributed by atoms with E-state index in [9.17, 15) is 8.42 Å². The fraction of sp³-hybridized carbons (Fsp3) is 0.308. The Morgan fingerprint density at radius 1 is 0.974 bits per heavy atom. The first-order chi connectivity index (χ1) is 18.2. The largest absolute Gasteiger partial charge is 0.494 e. The van der Waals surface area contributed by atoms with E-state index < -0.39 is 26.9 Å². The summed E-state index contributed by atoms with van der Waals surface area (Å²) in [5, 5.41) is 7.74. The van der Waals surface area contributed by atoms with Gasteiger partial charge in [0.25, 0.3) is 0 Å². The average Bonchev–Trinajstić information content (AvgIpc) is 3.31. The summed E-state index contributed by atoms with van der Waals surface area (Å²) in [5.74, 6) is 1.41. The van der Waals surface area contributed by atoms with Gasteiger partial charge in [0.05, 0.1) is 19.5 Å². The average molecular weight is 603 g/mol. The second kappa shape index (κ2) is 11.6. The van der Waals surface area contributed by atoms with Crippen molar-refractivity contribution in [1.82, 2.24) is 24.7 Å². The molecule has 0 unspecified atom stereocenters. The number of aromatic nitrogens is 5. The van der Waals surface area contributed by atoms with Crippen molar-refractivity contribution in [2.45, 2.75) is 31.0 Å². The highest BCUT2D eigenvalue weighted by molar-refractivity contribution is 9.10. The third kappa shape index (κ3) is 5.57. The van der Waals surface area contributed by atoms with Gasteiger partial charge < -0.3 is 14.2 Å². The zero-order chi connectivity index (χ0) is 27.4. The number of rotatable bonds is 10. The molecule has 0 amide bonds. The van der Waals surface area contributed by atoms with Crippen LogP contribution in [0.1, 0.15) is 30.2 Å². The van der Waals surface area contributed by atoms with E-state index in [2.05, 4.69) is 36.1 Å². The molecule has 0 N–H and O–H groups in total. The second-order valence-electron chi connectivity index (χ2n) is 8.58. The molecule has 38 heavy (non-hydrogen) atoms. The molecule has 0 saturated heterocycles. The highest BCUT2D eigenvalue weighted by atomic mass is 79.9. The van der Waals surface area contributed by atoms with Gasteiger partial charge in [0, 0.05) is 29.5 Å². The van der Waals surface area contributed by atoms with Crippen LogP contribution in [0.2, 0.25) is 0 Å². The molecule has 0 aliphatic rings. The summed E-state index contributed by atoms with van der Waals surface area (Å²) in [6.07, 6.45) is 2.38. The third-order valence-electron chi connectivity index (χ3n) is 6.07. The molecule has 4 aromatic rings. The van der Waals surface area contributed by atoms with E-state index in [1.165, 1.54) is 21.3 Å². The van der Waals surface area contributed by atoms with Gasteiger partial charge >= 0.3 is 0 Å². The van der Waals surface area contributed by atoms with E-state index in [0.717, 1.165) is 15.6 Å². The van der Waals surface area contributed by atoms with Crippen LogP contribution < -0.4 is 9.47 Å². The Morgan fingerprint density at radius 3 is 2.18 bits per heavy atom. The lowest BCUT2D eigenvalue weighted by Crippen LogP contribution is -2.30. The van der Waals surface area contributed by atoms with Gasteiger partial charge in [0.15, 0.2) is 27.3 Å². The van der Waals surface area contributed by atoms with Crippen molar-refractivity contribution in [2.24, 2.45) is 0 Å². The van der Waals surface area contributed by atoms with Crippen molar-refractivity contribution in [3.05, 3.63) is 76.5 Å². The number of nitrogens with zero attached hydrogens (tertiary/aromatic N) is 5. The van der Waals surface area contributed by atoms with Gasteiger partial charge in [-0.3, -0.25) is 4.57 Å². The van der Waals surface area contributed by atoms with Gasteiger partial charge in [0.1, 0.15) is 29.0 Å². The standard InChI is InChI=1S/C26H28BrN5O5S/c1-16-13-28-25(29-14-16)24(37-5)17(2)38(33,34)15-22-30-31-26(18-8-6-9-19(27)12-18)32(22)23-20(35-3)10-7-11-21(23)36-4/h6-14,17,24H,15H2,1-5H3/t17-,24-/m0/s1. The van der Waals surface area contributed by atoms with Crippen LogP contribution in [0.5, 0.6) is 11.5 Å². The minimum absolute atomic E-state index is 0.189. The van der Waals surface area contributed by atoms with Gasteiger partial charge in [-0.05, 0) is 43.7 Å². The number of hydrogen-bond donors (Lipinski definition) is 0. The first-order valence-corrected chi connectivity index (χ1v) is 14.2. The molecule has 4 rings (SSSR count). The molecule has 12 heteroatoms. The van der Waals surface area contributed by atoms with Crippen LogP contribution in [0.3, 0.4) is 0 Å². The van der Waals surface area contributed by atoms with Crippen LogP contribution in [0.15, 0.2) is 59.3 Å². The van der Waals surface area contributed by atoms with Crippen molar-refractivity contribution < 1.29 is 22.6 Å². The summed E-state index contributed by atoms with van der Waals surface area (Å²) >= 11 is 3.49. The smallest absolute Gasteiger partial charge is 0.168 e. The number of ether oxygens (including phenoxy) is 3. The van der Waals surface area contributed by atoms with Crippen molar-refractivity contribution >= 4 is 25.8 Å². The second-order valence-corrected chi connectivity index (χ2v) is 11.9. The number of halogens is 1. The number of hydrogen-bond acceptors (Lipinski definition) is 9.